The van der Waals surface area contributed by atoms with Crippen molar-refractivity contribution in [1.29, 1.82) is 0 Å². The van der Waals surface area contributed by atoms with Gasteiger partial charge in [-0.2, -0.15) is 5.10 Å². The molecule has 0 bridgehead atoms. The van der Waals surface area contributed by atoms with E-state index < -0.39 is 15.8 Å². The second kappa shape index (κ2) is 6.27. The Hall–Kier alpha value is -3.19. The van der Waals surface area contributed by atoms with Gasteiger partial charge in [0.2, 0.25) is 0 Å². The van der Waals surface area contributed by atoms with Crippen LogP contribution in [0.25, 0.3) is 22.2 Å². The van der Waals surface area contributed by atoms with Crippen LogP contribution in [0.3, 0.4) is 0 Å². The van der Waals surface area contributed by atoms with Gasteiger partial charge in [0.1, 0.15) is 5.82 Å². The first kappa shape index (κ1) is 16.3. The predicted molar refractivity (Wildman–Crippen MR) is 98.7 cm³/mol. The zero-order valence-corrected chi connectivity index (χ0v) is 14.3. The van der Waals surface area contributed by atoms with Gasteiger partial charge in [0.05, 0.1) is 16.1 Å². The van der Waals surface area contributed by atoms with Crippen LogP contribution in [0.1, 0.15) is 0 Å². The van der Waals surface area contributed by atoms with Crippen LogP contribution in [-0.4, -0.2) is 18.6 Å². The first-order valence-electron chi connectivity index (χ1n) is 7.85. The van der Waals surface area contributed by atoms with E-state index >= 15 is 0 Å². The smallest absolute Gasteiger partial charge is 0.261 e. The summed E-state index contributed by atoms with van der Waals surface area (Å²) in [4.78, 5) is -0.00512. The third-order valence-electron chi connectivity index (χ3n) is 3.99. The molecule has 0 amide bonds. The van der Waals surface area contributed by atoms with Crippen LogP contribution < -0.4 is 4.72 Å². The lowest BCUT2D eigenvalue weighted by atomic mass is 10.1. The molecule has 0 fully saturated rings. The quantitative estimate of drug-likeness (QED) is 0.568. The number of fused-ring (bicyclic) bond motifs is 1. The van der Waals surface area contributed by atoms with Crippen molar-refractivity contribution in [3.63, 3.8) is 0 Å². The van der Waals surface area contributed by atoms with E-state index in [9.17, 15) is 12.8 Å². The van der Waals surface area contributed by atoms with E-state index in [1.165, 1.54) is 12.1 Å². The van der Waals surface area contributed by atoms with Gasteiger partial charge in [0.15, 0.2) is 0 Å². The molecule has 0 aliphatic heterocycles. The molecule has 0 aliphatic rings. The van der Waals surface area contributed by atoms with Gasteiger partial charge in [-0.05, 0) is 42.5 Å². The molecule has 1 heterocycles. The van der Waals surface area contributed by atoms with Gasteiger partial charge in [-0.15, -0.1) is 0 Å². The summed E-state index contributed by atoms with van der Waals surface area (Å²) >= 11 is 0. The molecule has 0 saturated carbocycles. The van der Waals surface area contributed by atoms with Gasteiger partial charge in [0.25, 0.3) is 10.0 Å². The van der Waals surface area contributed by atoms with Crippen LogP contribution in [-0.2, 0) is 10.0 Å². The van der Waals surface area contributed by atoms with Crippen molar-refractivity contribution in [3.8, 4) is 11.3 Å². The van der Waals surface area contributed by atoms with E-state index in [0.29, 0.717) is 5.69 Å². The molecule has 7 heteroatoms. The van der Waals surface area contributed by atoms with Crippen molar-refractivity contribution < 1.29 is 12.8 Å². The summed E-state index contributed by atoms with van der Waals surface area (Å²) in [5.41, 5.74) is 2.87. The van der Waals surface area contributed by atoms with Crippen LogP contribution in [0.4, 0.5) is 10.1 Å². The Labute approximate surface area is 149 Å². The highest BCUT2D eigenvalue weighted by atomic mass is 32.2. The highest BCUT2D eigenvalue weighted by Crippen LogP contribution is 2.29. The summed E-state index contributed by atoms with van der Waals surface area (Å²) in [5, 5.41) is 8.07. The zero-order chi connectivity index (χ0) is 18.1. The largest absolute Gasteiger partial charge is 0.280 e. The molecule has 0 radical (unpaired) electrons. The number of nitrogens with one attached hydrogen (secondary N) is 2. The van der Waals surface area contributed by atoms with Crippen LogP contribution in [0.15, 0.2) is 77.7 Å². The third kappa shape index (κ3) is 3.04. The number of hydrogen-bond donors (Lipinski definition) is 2. The Morgan fingerprint density at radius 3 is 2.38 bits per heavy atom. The van der Waals surface area contributed by atoms with Crippen molar-refractivity contribution in [3.05, 3.63) is 78.6 Å². The summed E-state index contributed by atoms with van der Waals surface area (Å²) in [7, 11) is -3.81. The normalized spacial score (nSPS) is 11.6. The molecule has 4 rings (SSSR count). The minimum absolute atomic E-state index is 0.00512. The van der Waals surface area contributed by atoms with Crippen molar-refractivity contribution >= 4 is 26.6 Å². The maximum Gasteiger partial charge on any atom is 0.261 e. The number of aromatic amines is 1. The van der Waals surface area contributed by atoms with Crippen molar-refractivity contribution in [1.82, 2.24) is 10.2 Å². The van der Waals surface area contributed by atoms with Crippen molar-refractivity contribution in [2.24, 2.45) is 0 Å². The van der Waals surface area contributed by atoms with E-state index in [1.54, 1.807) is 18.2 Å². The van der Waals surface area contributed by atoms with E-state index in [4.69, 9.17) is 0 Å². The van der Waals surface area contributed by atoms with Gasteiger partial charge in [-0.1, -0.05) is 30.3 Å². The average molecular weight is 367 g/mol. The molecule has 3 aromatic carbocycles. The van der Waals surface area contributed by atoms with E-state index in [-0.39, 0.29) is 4.90 Å². The molecule has 26 heavy (non-hydrogen) atoms. The molecule has 130 valence electrons. The molecule has 0 unspecified atom stereocenters. The zero-order valence-electron chi connectivity index (χ0n) is 13.5. The van der Waals surface area contributed by atoms with E-state index in [2.05, 4.69) is 14.9 Å². The van der Waals surface area contributed by atoms with Crippen molar-refractivity contribution in [2.45, 2.75) is 4.90 Å². The Morgan fingerprint density at radius 1 is 0.923 bits per heavy atom. The highest BCUT2D eigenvalue weighted by molar-refractivity contribution is 7.92. The monoisotopic (exact) mass is 367 g/mol. The molecule has 2 N–H and O–H groups in total. The van der Waals surface area contributed by atoms with Gasteiger partial charge in [0, 0.05) is 16.6 Å². The maximum atomic E-state index is 13.0. The second-order valence-electron chi connectivity index (χ2n) is 5.76. The van der Waals surface area contributed by atoms with Crippen LogP contribution in [0.2, 0.25) is 0 Å². The summed E-state index contributed by atoms with van der Waals surface area (Å²) in [6, 6.07) is 19.4. The molecule has 0 atom stereocenters. The van der Waals surface area contributed by atoms with Gasteiger partial charge in [-0.3, -0.25) is 9.82 Å². The van der Waals surface area contributed by atoms with E-state index in [1.807, 2.05) is 30.3 Å². The van der Waals surface area contributed by atoms with Crippen LogP contribution >= 0.6 is 0 Å². The minimum atomic E-state index is -3.81. The number of rotatable bonds is 4. The predicted octanol–water partition coefficient (Wildman–Crippen LogP) is 4.17. The number of aromatic nitrogens is 2. The lowest BCUT2D eigenvalue weighted by Crippen LogP contribution is -2.12. The Kier molecular flexibility index (Phi) is 3.93. The number of halogens is 1. The molecule has 0 aliphatic carbocycles. The summed E-state index contributed by atoms with van der Waals surface area (Å²) in [5.74, 6) is -0.490. The Bertz CT molecular complexity index is 1170. The number of benzene rings is 3. The van der Waals surface area contributed by atoms with Gasteiger partial charge < -0.3 is 0 Å². The summed E-state index contributed by atoms with van der Waals surface area (Å²) < 4.78 is 40.5. The number of nitrogens with zero attached hydrogens (tertiary/aromatic N) is 1. The standard InChI is InChI=1S/C19H14FN3O2S/c20-14-6-9-16(10-7-14)26(24,25)23-15-8-11-18-17(12-15)19(22-21-18)13-4-2-1-3-5-13/h1-12,23H,(H,21,22). The van der Waals surface area contributed by atoms with Gasteiger partial charge >= 0.3 is 0 Å². The minimum Gasteiger partial charge on any atom is -0.280 e. The third-order valence-corrected chi connectivity index (χ3v) is 5.38. The van der Waals surface area contributed by atoms with E-state index in [0.717, 1.165) is 34.3 Å². The van der Waals surface area contributed by atoms with Crippen LogP contribution in [0, 0.1) is 5.82 Å². The fourth-order valence-corrected chi connectivity index (χ4v) is 3.77. The lowest BCUT2D eigenvalue weighted by Gasteiger charge is -2.08. The molecular formula is C19H14FN3O2S. The topological polar surface area (TPSA) is 74.8 Å². The molecule has 1 aromatic heterocycles. The SMILES string of the molecule is O=S(=O)(Nc1ccc2[nH]nc(-c3ccccc3)c2c1)c1ccc(F)cc1. The highest BCUT2D eigenvalue weighted by Gasteiger charge is 2.15. The number of anilines is 1. The first-order valence-corrected chi connectivity index (χ1v) is 9.33. The molecule has 5 nitrogen and oxygen atoms in total. The Morgan fingerprint density at radius 2 is 1.65 bits per heavy atom. The van der Waals surface area contributed by atoms with Gasteiger partial charge in [-0.25, -0.2) is 12.8 Å². The molecular weight excluding hydrogens is 353 g/mol. The number of H-pyrrole nitrogens is 1. The number of hydrogen-bond acceptors (Lipinski definition) is 3. The summed E-state index contributed by atoms with van der Waals surface area (Å²) in [6.07, 6.45) is 0. The molecule has 0 spiro atoms. The average Bonchev–Trinajstić information content (AvgIpc) is 3.06. The fraction of sp³-hybridized carbons (Fsp3) is 0. The molecule has 4 aromatic rings. The Balaban J connectivity index is 1.72. The fourth-order valence-electron chi connectivity index (χ4n) is 2.72. The second-order valence-corrected chi connectivity index (χ2v) is 7.44. The van der Waals surface area contributed by atoms with Crippen LogP contribution in [0.5, 0.6) is 0 Å². The number of sulfonamides is 1. The first-order chi connectivity index (χ1) is 12.5. The summed E-state index contributed by atoms with van der Waals surface area (Å²) in [6.45, 7) is 0. The van der Waals surface area contributed by atoms with Crippen molar-refractivity contribution in [2.75, 3.05) is 4.72 Å². The lowest BCUT2D eigenvalue weighted by molar-refractivity contribution is 0.599. The molecule has 0 saturated heterocycles. The maximum absolute atomic E-state index is 13.0.